The van der Waals surface area contributed by atoms with Crippen LogP contribution < -0.4 is 10.1 Å². The number of halogens is 1. The van der Waals surface area contributed by atoms with Gasteiger partial charge in [0.15, 0.2) is 5.96 Å². The fourth-order valence-corrected chi connectivity index (χ4v) is 2.31. The molecule has 0 aliphatic heterocycles. The highest BCUT2D eigenvalue weighted by Crippen LogP contribution is 2.13. The Morgan fingerprint density at radius 2 is 1.84 bits per heavy atom. The average molecular weight is 464 g/mol. The largest absolute Gasteiger partial charge is 0.494 e. The van der Waals surface area contributed by atoms with Crippen molar-refractivity contribution in [3.8, 4) is 5.75 Å². The Balaban J connectivity index is 0.00000576. The molecule has 0 saturated carbocycles. The number of nitrogens with zero attached hydrogens (tertiary/aromatic N) is 3. The van der Waals surface area contributed by atoms with Gasteiger partial charge in [0.2, 0.25) is 0 Å². The van der Waals surface area contributed by atoms with Gasteiger partial charge in [-0.25, -0.2) is 0 Å². The Hall–Kier alpha value is -1.06. The van der Waals surface area contributed by atoms with Crippen molar-refractivity contribution in [2.75, 3.05) is 61.1 Å². The summed E-state index contributed by atoms with van der Waals surface area (Å²) in [5.74, 6) is 1.80. The van der Waals surface area contributed by atoms with Crippen LogP contribution in [0.3, 0.4) is 0 Å². The maximum atomic E-state index is 5.47. The van der Waals surface area contributed by atoms with Crippen LogP contribution in [0, 0.1) is 0 Å². The van der Waals surface area contributed by atoms with E-state index in [0.29, 0.717) is 6.61 Å². The molecule has 0 radical (unpaired) electrons. The molecular weight excluding hydrogens is 431 g/mol. The lowest BCUT2D eigenvalue weighted by Crippen LogP contribution is -2.42. The van der Waals surface area contributed by atoms with Crippen LogP contribution in [-0.2, 0) is 11.3 Å². The lowest BCUT2D eigenvalue weighted by atomic mass is 10.2. The van der Waals surface area contributed by atoms with E-state index in [0.717, 1.165) is 44.5 Å². The first-order chi connectivity index (χ1) is 11.6. The third kappa shape index (κ3) is 9.86. The van der Waals surface area contributed by atoms with E-state index in [2.05, 4.69) is 39.3 Å². The van der Waals surface area contributed by atoms with Gasteiger partial charge in [0.1, 0.15) is 5.75 Å². The molecule has 0 aromatic heterocycles. The normalized spacial score (nSPS) is 11.2. The van der Waals surface area contributed by atoms with Crippen molar-refractivity contribution in [3.05, 3.63) is 29.8 Å². The molecule has 0 bridgehead atoms. The van der Waals surface area contributed by atoms with E-state index in [-0.39, 0.29) is 24.0 Å². The molecule has 0 fully saturated rings. The van der Waals surface area contributed by atoms with Crippen molar-refractivity contribution >= 4 is 29.9 Å². The molecule has 1 N–H and O–H groups in total. The fourth-order valence-electron chi connectivity index (χ4n) is 2.31. The summed E-state index contributed by atoms with van der Waals surface area (Å²) in [6, 6.07) is 8.20. The number of benzene rings is 1. The summed E-state index contributed by atoms with van der Waals surface area (Å²) >= 11 is 0. The molecule has 7 heteroatoms. The van der Waals surface area contributed by atoms with Crippen molar-refractivity contribution in [1.82, 2.24) is 15.1 Å². The Labute approximate surface area is 169 Å². The molecule has 0 spiro atoms. The fraction of sp³-hybridized carbons (Fsp3) is 0.611. The molecular formula is C18H33IN4O2. The zero-order valence-corrected chi connectivity index (χ0v) is 18.4. The number of rotatable bonds is 10. The van der Waals surface area contributed by atoms with Crippen LogP contribution in [0.5, 0.6) is 5.75 Å². The molecule has 0 heterocycles. The predicted octanol–water partition coefficient (Wildman–Crippen LogP) is 2.29. The summed E-state index contributed by atoms with van der Waals surface area (Å²) in [5, 5.41) is 3.40. The second-order valence-corrected chi connectivity index (χ2v) is 5.70. The summed E-state index contributed by atoms with van der Waals surface area (Å²) in [5.41, 5.74) is 1.22. The number of ether oxygens (including phenoxy) is 2. The number of methoxy groups -OCH3 is 1. The van der Waals surface area contributed by atoms with Gasteiger partial charge in [0.25, 0.3) is 0 Å². The zero-order valence-electron chi connectivity index (χ0n) is 16.1. The second kappa shape index (κ2) is 14.1. The first-order valence-corrected chi connectivity index (χ1v) is 8.41. The SMILES string of the molecule is CCOc1ccc(CN(C)C(=NC)NCCN(C)CCOC)cc1.I. The lowest BCUT2D eigenvalue weighted by Gasteiger charge is -2.23. The quantitative estimate of drug-likeness (QED) is 0.327. The molecule has 1 rings (SSSR count). The minimum absolute atomic E-state index is 0. The van der Waals surface area contributed by atoms with Gasteiger partial charge in [-0.15, -0.1) is 24.0 Å². The lowest BCUT2D eigenvalue weighted by molar-refractivity contribution is 0.162. The monoisotopic (exact) mass is 464 g/mol. The summed E-state index contributed by atoms with van der Waals surface area (Å²) in [6.45, 7) is 6.95. The van der Waals surface area contributed by atoms with Gasteiger partial charge in [-0.05, 0) is 31.7 Å². The Bertz CT molecular complexity index is 482. The standard InChI is InChI=1S/C18H32N4O2.HI/c1-6-24-17-9-7-16(8-10-17)15-22(4)18(19-2)20-11-12-21(3)13-14-23-5;/h7-10H,6,11-15H2,1-5H3,(H,19,20);1H. The number of nitrogens with one attached hydrogen (secondary N) is 1. The van der Waals surface area contributed by atoms with Crippen molar-refractivity contribution < 1.29 is 9.47 Å². The summed E-state index contributed by atoms with van der Waals surface area (Å²) in [4.78, 5) is 8.70. The molecule has 1 aromatic carbocycles. The first kappa shape index (κ1) is 23.9. The number of likely N-dealkylation sites (N-methyl/N-ethyl adjacent to an activating group) is 1. The topological polar surface area (TPSA) is 49.3 Å². The zero-order chi connectivity index (χ0) is 17.8. The molecule has 0 amide bonds. The number of aliphatic imine (C=N–C) groups is 1. The molecule has 0 saturated heterocycles. The van der Waals surface area contributed by atoms with Gasteiger partial charge < -0.3 is 24.6 Å². The van der Waals surface area contributed by atoms with Crippen LogP contribution in [0.2, 0.25) is 0 Å². The third-order valence-corrected chi connectivity index (χ3v) is 3.68. The molecule has 0 aliphatic carbocycles. The second-order valence-electron chi connectivity index (χ2n) is 5.70. The van der Waals surface area contributed by atoms with E-state index in [1.165, 1.54) is 5.56 Å². The number of guanidine groups is 1. The minimum atomic E-state index is 0. The predicted molar refractivity (Wildman–Crippen MR) is 115 cm³/mol. The number of hydrogen-bond donors (Lipinski definition) is 1. The maximum absolute atomic E-state index is 5.47. The van der Waals surface area contributed by atoms with Crippen LogP contribution in [0.1, 0.15) is 12.5 Å². The molecule has 144 valence electrons. The molecule has 0 unspecified atom stereocenters. The highest BCUT2D eigenvalue weighted by molar-refractivity contribution is 14.0. The van der Waals surface area contributed by atoms with Crippen LogP contribution >= 0.6 is 24.0 Å². The van der Waals surface area contributed by atoms with E-state index >= 15 is 0 Å². The third-order valence-electron chi connectivity index (χ3n) is 3.68. The van der Waals surface area contributed by atoms with Crippen molar-refractivity contribution in [3.63, 3.8) is 0 Å². The van der Waals surface area contributed by atoms with Crippen molar-refractivity contribution in [2.45, 2.75) is 13.5 Å². The van der Waals surface area contributed by atoms with Gasteiger partial charge in [0.05, 0.1) is 13.2 Å². The molecule has 25 heavy (non-hydrogen) atoms. The van der Waals surface area contributed by atoms with Crippen LogP contribution in [0.4, 0.5) is 0 Å². The van der Waals surface area contributed by atoms with Gasteiger partial charge in [-0.3, -0.25) is 4.99 Å². The van der Waals surface area contributed by atoms with E-state index in [9.17, 15) is 0 Å². The van der Waals surface area contributed by atoms with Gasteiger partial charge in [-0.2, -0.15) is 0 Å². The number of hydrogen-bond acceptors (Lipinski definition) is 4. The van der Waals surface area contributed by atoms with Crippen LogP contribution in [0.15, 0.2) is 29.3 Å². The van der Waals surface area contributed by atoms with Gasteiger partial charge in [-0.1, -0.05) is 12.1 Å². The van der Waals surface area contributed by atoms with E-state index in [1.807, 2.05) is 33.2 Å². The smallest absolute Gasteiger partial charge is 0.193 e. The van der Waals surface area contributed by atoms with Gasteiger partial charge in [0, 0.05) is 47.4 Å². The highest BCUT2D eigenvalue weighted by atomic mass is 127. The van der Waals surface area contributed by atoms with E-state index in [1.54, 1.807) is 7.11 Å². The van der Waals surface area contributed by atoms with Crippen LogP contribution in [0.25, 0.3) is 0 Å². The van der Waals surface area contributed by atoms with Crippen molar-refractivity contribution in [1.29, 1.82) is 0 Å². The summed E-state index contributed by atoms with van der Waals surface area (Å²) in [6.07, 6.45) is 0. The minimum Gasteiger partial charge on any atom is -0.494 e. The molecule has 0 atom stereocenters. The van der Waals surface area contributed by atoms with Crippen molar-refractivity contribution in [2.24, 2.45) is 4.99 Å². The summed E-state index contributed by atoms with van der Waals surface area (Å²) in [7, 11) is 7.67. The highest BCUT2D eigenvalue weighted by Gasteiger charge is 2.07. The molecule has 0 aliphatic rings. The van der Waals surface area contributed by atoms with E-state index in [4.69, 9.17) is 9.47 Å². The van der Waals surface area contributed by atoms with Gasteiger partial charge >= 0.3 is 0 Å². The Morgan fingerprint density at radius 3 is 2.40 bits per heavy atom. The molecule has 1 aromatic rings. The Morgan fingerprint density at radius 1 is 1.16 bits per heavy atom. The Kier molecular flexibility index (Phi) is 13.5. The first-order valence-electron chi connectivity index (χ1n) is 8.41. The summed E-state index contributed by atoms with van der Waals surface area (Å²) < 4.78 is 10.6. The average Bonchev–Trinajstić information content (AvgIpc) is 2.58. The van der Waals surface area contributed by atoms with Crippen LogP contribution in [-0.4, -0.2) is 76.9 Å². The molecule has 6 nitrogen and oxygen atoms in total. The maximum Gasteiger partial charge on any atom is 0.193 e. The van der Waals surface area contributed by atoms with E-state index < -0.39 is 0 Å².